The summed E-state index contributed by atoms with van der Waals surface area (Å²) in [4.78, 5) is 0. The Hall–Kier alpha value is -1.61. The summed E-state index contributed by atoms with van der Waals surface area (Å²) in [5.74, 6) is 0.507. The molecule has 0 aliphatic carbocycles. The zero-order chi connectivity index (χ0) is 13.0. The maximum absolute atomic E-state index is 4.45. The second-order valence-electron chi connectivity index (χ2n) is 4.84. The first-order chi connectivity index (χ1) is 8.70. The van der Waals surface area contributed by atoms with Gasteiger partial charge < -0.3 is 5.32 Å². The molecule has 2 rings (SSSR count). The first kappa shape index (κ1) is 12.8. The van der Waals surface area contributed by atoms with Gasteiger partial charge in [-0.2, -0.15) is 5.10 Å². The number of hydrogen-bond donors (Lipinski definition) is 1. The molecule has 0 amide bonds. The molecule has 2 atom stereocenters. The third-order valence-corrected chi connectivity index (χ3v) is 3.34. The maximum atomic E-state index is 4.45. The minimum absolute atomic E-state index is 0.369. The lowest BCUT2D eigenvalue weighted by Crippen LogP contribution is -2.25. The minimum Gasteiger partial charge on any atom is -0.313 e. The second kappa shape index (κ2) is 5.83. The Balaban J connectivity index is 2.08. The van der Waals surface area contributed by atoms with E-state index in [-0.39, 0.29) is 0 Å². The largest absolute Gasteiger partial charge is 0.313 e. The van der Waals surface area contributed by atoms with Crippen LogP contribution < -0.4 is 5.32 Å². The van der Waals surface area contributed by atoms with E-state index in [1.807, 2.05) is 25.0 Å². The van der Waals surface area contributed by atoms with Crippen molar-refractivity contribution in [3.63, 3.8) is 0 Å². The summed E-state index contributed by atoms with van der Waals surface area (Å²) in [5, 5.41) is 7.86. The Morgan fingerprint density at radius 2 is 1.94 bits per heavy atom. The Morgan fingerprint density at radius 1 is 1.22 bits per heavy atom. The summed E-state index contributed by atoms with van der Waals surface area (Å²) in [6.45, 7) is 2.27. The Bertz CT molecular complexity index is 475. The van der Waals surface area contributed by atoms with E-state index in [0.717, 1.165) is 12.1 Å². The first-order valence-corrected chi connectivity index (χ1v) is 6.41. The molecule has 0 spiro atoms. The predicted octanol–water partition coefficient (Wildman–Crippen LogP) is 2.56. The standard InChI is InChI=1S/C15H21N3/c1-12(11-14-9-10-18(3)17-14)15(16-2)13-7-5-4-6-8-13/h4-10,12,15-16H,11H2,1-3H3. The van der Waals surface area contributed by atoms with E-state index in [1.54, 1.807) is 0 Å². The van der Waals surface area contributed by atoms with Gasteiger partial charge in [0, 0.05) is 19.3 Å². The van der Waals surface area contributed by atoms with Gasteiger partial charge in [0.1, 0.15) is 0 Å². The van der Waals surface area contributed by atoms with E-state index in [0.29, 0.717) is 12.0 Å². The van der Waals surface area contributed by atoms with Gasteiger partial charge in [-0.25, -0.2) is 0 Å². The molecule has 18 heavy (non-hydrogen) atoms. The van der Waals surface area contributed by atoms with Gasteiger partial charge in [0.05, 0.1) is 5.69 Å². The Morgan fingerprint density at radius 3 is 2.50 bits per heavy atom. The van der Waals surface area contributed by atoms with E-state index in [4.69, 9.17) is 0 Å². The molecule has 0 fully saturated rings. The van der Waals surface area contributed by atoms with Crippen LogP contribution in [0, 0.1) is 5.92 Å². The van der Waals surface area contributed by atoms with Gasteiger partial charge >= 0.3 is 0 Å². The van der Waals surface area contributed by atoms with Gasteiger partial charge in [0.15, 0.2) is 0 Å². The molecular formula is C15H21N3. The van der Waals surface area contributed by atoms with Crippen molar-refractivity contribution in [3.05, 3.63) is 53.9 Å². The molecule has 1 aromatic carbocycles. The van der Waals surface area contributed by atoms with Crippen molar-refractivity contribution >= 4 is 0 Å². The van der Waals surface area contributed by atoms with Crippen LogP contribution in [0.2, 0.25) is 0 Å². The van der Waals surface area contributed by atoms with Gasteiger partial charge in [-0.05, 0) is 31.0 Å². The first-order valence-electron chi connectivity index (χ1n) is 6.41. The molecule has 1 aromatic heterocycles. The van der Waals surface area contributed by atoms with Crippen molar-refractivity contribution in [2.45, 2.75) is 19.4 Å². The van der Waals surface area contributed by atoms with E-state index in [2.05, 4.69) is 53.7 Å². The molecule has 3 nitrogen and oxygen atoms in total. The fourth-order valence-electron chi connectivity index (χ4n) is 2.46. The molecule has 0 radical (unpaired) electrons. The van der Waals surface area contributed by atoms with Crippen LogP contribution in [0.1, 0.15) is 24.2 Å². The van der Waals surface area contributed by atoms with Crippen LogP contribution in [-0.2, 0) is 13.5 Å². The van der Waals surface area contributed by atoms with Crippen LogP contribution in [0.25, 0.3) is 0 Å². The lowest BCUT2D eigenvalue weighted by molar-refractivity contribution is 0.404. The molecule has 2 unspecified atom stereocenters. The van der Waals surface area contributed by atoms with Crippen LogP contribution >= 0.6 is 0 Å². The summed E-state index contributed by atoms with van der Waals surface area (Å²) in [5.41, 5.74) is 2.49. The summed E-state index contributed by atoms with van der Waals surface area (Å²) in [6, 6.07) is 13.0. The lowest BCUT2D eigenvalue weighted by atomic mass is 9.91. The highest BCUT2D eigenvalue weighted by molar-refractivity contribution is 5.20. The number of rotatable bonds is 5. The van der Waals surface area contributed by atoms with Crippen molar-refractivity contribution in [2.75, 3.05) is 7.05 Å². The van der Waals surface area contributed by atoms with E-state index in [1.165, 1.54) is 5.56 Å². The lowest BCUT2D eigenvalue weighted by Gasteiger charge is -2.23. The average Bonchev–Trinajstić information content (AvgIpc) is 2.77. The van der Waals surface area contributed by atoms with Crippen molar-refractivity contribution in [3.8, 4) is 0 Å². The number of nitrogens with zero attached hydrogens (tertiary/aromatic N) is 2. The van der Waals surface area contributed by atoms with Gasteiger partial charge in [0.25, 0.3) is 0 Å². The summed E-state index contributed by atoms with van der Waals surface area (Å²) in [6.07, 6.45) is 2.99. The number of benzene rings is 1. The van der Waals surface area contributed by atoms with Gasteiger partial charge in [0.2, 0.25) is 0 Å². The van der Waals surface area contributed by atoms with Crippen LogP contribution in [0.4, 0.5) is 0 Å². The highest BCUT2D eigenvalue weighted by atomic mass is 15.2. The Labute approximate surface area is 109 Å². The molecule has 1 heterocycles. The van der Waals surface area contributed by atoms with Crippen molar-refractivity contribution in [1.29, 1.82) is 0 Å². The number of hydrogen-bond acceptors (Lipinski definition) is 2. The highest BCUT2D eigenvalue weighted by Crippen LogP contribution is 2.24. The predicted molar refractivity (Wildman–Crippen MR) is 74.3 cm³/mol. The molecule has 0 saturated heterocycles. The van der Waals surface area contributed by atoms with Crippen molar-refractivity contribution < 1.29 is 0 Å². The highest BCUT2D eigenvalue weighted by Gasteiger charge is 2.18. The average molecular weight is 243 g/mol. The monoisotopic (exact) mass is 243 g/mol. The van der Waals surface area contributed by atoms with E-state index < -0.39 is 0 Å². The van der Waals surface area contributed by atoms with Gasteiger partial charge in [-0.1, -0.05) is 37.3 Å². The molecule has 2 aromatic rings. The summed E-state index contributed by atoms with van der Waals surface area (Å²) in [7, 11) is 3.98. The normalized spacial score (nSPS) is 14.4. The fourth-order valence-corrected chi connectivity index (χ4v) is 2.46. The van der Waals surface area contributed by atoms with Crippen LogP contribution in [0.5, 0.6) is 0 Å². The molecule has 3 heteroatoms. The summed E-state index contributed by atoms with van der Waals surface area (Å²) < 4.78 is 1.86. The zero-order valence-electron chi connectivity index (χ0n) is 11.3. The SMILES string of the molecule is CNC(c1ccccc1)C(C)Cc1ccn(C)n1. The quantitative estimate of drug-likeness (QED) is 0.874. The number of aromatic nitrogens is 2. The minimum atomic E-state index is 0.369. The van der Waals surface area contributed by atoms with Gasteiger partial charge in [-0.15, -0.1) is 0 Å². The maximum Gasteiger partial charge on any atom is 0.0627 e. The molecule has 1 N–H and O–H groups in total. The molecule has 96 valence electrons. The third-order valence-electron chi connectivity index (χ3n) is 3.34. The molecule has 0 aliphatic rings. The third kappa shape index (κ3) is 2.99. The molecule has 0 aliphatic heterocycles. The van der Waals surface area contributed by atoms with E-state index in [9.17, 15) is 0 Å². The van der Waals surface area contributed by atoms with Crippen LogP contribution in [-0.4, -0.2) is 16.8 Å². The Kier molecular flexibility index (Phi) is 4.15. The topological polar surface area (TPSA) is 29.9 Å². The molecule has 0 saturated carbocycles. The smallest absolute Gasteiger partial charge is 0.0627 e. The van der Waals surface area contributed by atoms with Crippen molar-refractivity contribution in [2.24, 2.45) is 13.0 Å². The van der Waals surface area contributed by atoms with Crippen LogP contribution in [0.15, 0.2) is 42.6 Å². The fraction of sp³-hybridized carbons (Fsp3) is 0.400. The van der Waals surface area contributed by atoms with Crippen molar-refractivity contribution in [1.82, 2.24) is 15.1 Å². The summed E-state index contributed by atoms with van der Waals surface area (Å²) >= 11 is 0. The number of aryl methyl sites for hydroxylation is 1. The second-order valence-corrected chi connectivity index (χ2v) is 4.84. The zero-order valence-corrected chi connectivity index (χ0v) is 11.3. The molecular weight excluding hydrogens is 222 g/mol. The number of nitrogens with one attached hydrogen (secondary N) is 1. The van der Waals surface area contributed by atoms with E-state index >= 15 is 0 Å². The van der Waals surface area contributed by atoms with Crippen LogP contribution in [0.3, 0.4) is 0 Å². The van der Waals surface area contributed by atoms with Gasteiger partial charge in [-0.3, -0.25) is 4.68 Å². The molecule has 0 bridgehead atoms.